The zero-order valence-corrected chi connectivity index (χ0v) is 10.0. The van der Waals surface area contributed by atoms with E-state index in [1.807, 2.05) is 0 Å². The Morgan fingerprint density at radius 2 is 1.78 bits per heavy atom. The van der Waals surface area contributed by atoms with Crippen LogP contribution in [-0.2, 0) is 6.18 Å². The van der Waals surface area contributed by atoms with E-state index in [1.165, 1.54) is 31.2 Å². The van der Waals surface area contributed by atoms with Crippen molar-refractivity contribution in [1.82, 2.24) is 9.78 Å². The zero-order chi connectivity index (χ0) is 13.5. The fourth-order valence-corrected chi connectivity index (χ4v) is 1.71. The molecule has 1 aromatic heterocycles. The van der Waals surface area contributed by atoms with Crippen molar-refractivity contribution >= 4 is 17.3 Å². The Hall–Kier alpha value is -1.69. The number of halogens is 4. The molecule has 0 atom stereocenters. The fraction of sp³-hybridized carbons (Fsp3) is 0.182. The normalized spacial score (nSPS) is 11.8. The van der Waals surface area contributed by atoms with Crippen LogP contribution in [0.3, 0.4) is 0 Å². The van der Waals surface area contributed by atoms with Crippen molar-refractivity contribution in [3.05, 3.63) is 40.7 Å². The Kier molecular flexibility index (Phi) is 2.98. The van der Waals surface area contributed by atoms with Gasteiger partial charge in [-0.05, 0) is 31.2 Å². The maximum absolute atomic E-state index is 12.9. The van der Waals surface area contributed by atoms with Crippen molar-refractivity contribution in [3.8, 4) is 5.69 Å². The number of hydrogen-bond acceptors (Lipinski definition) is 2. The van der Waals surface area contributed by atoms with Crippen LogP contribution in [0.4, 0.5) is 18.9 Å². The van der Waals surface area contributed by atoms with E-state index >= 15 is 0 Å². The molecule has 0 fully saturated rings. The molecule has 18 heavy (non-hydrogen) atoms. The molecule has 1 aromatic carbocycles. The van der Waals surface area contributed by atoms with E-state index in [0.29, 0.717) is 5.02 Å². The Balaban J connectivity index is 2.65. The first-order chi connectivity index (χ1) is 8.30. The molecule has 0 aliphatic carbocycles. The average molecular weight is 276 g/mol. The number of benzene rings is 1. The molecule has 0 saturated carbocycles. The molecule has 0 radical (unpaired) electrons. The lowest BCUT2D eigenvalue weighted by Crippen LogP contribution is -2.15. The molecule has 0 unspecified atom stereocenters. The summed E-state index contributed by atoms with van der Waals surface area (Å²) in [4.78, 5) is 0. The summed E-state index contributed by atoms with van der Waals surface area (Å²) < 4.78 is 39.5. The third-order valence-electron chi connectivity index (χ3n) is 2.45. The third kappa shape index (κ3) is 2.15. The molecule has 0 aliphatic rings. The van der Waals surface area contributed by atoms with Gasteiger partial charge in [-0.25, -0.2) is 4.68 Å². The van der Waals surface area contributed by atoms with E-state index in [9.17, 15) is 13.2 Å². The standard InChI is InChI=1S/C11H9ClF3N3/c1-6-9(16)10(11(13,14)15)18(17-6)8-4-2-7(12)3-5-8/h2-5H,16H2,1H3. The molecular weight excluding hydrogens is 267 g/mol. The highest BCUT2D eigenvalue weighted by Crippen LogP contribution is 2.36. The molecule has 96 valence electrons. The lowest BCUT2D eigenvalue weighted by atomic mass is 10.2. The van der Waals surface area contributed by atoms with E-state index < -0.39 is 11.9 Å². The van der Waals surface area contributed by atoms with Gasteiger partial charge in [0, 0.05) is 5.02 Å². The molecule has 0 saturated heterocycles. The SMILES string of the molecule is Cc1nn(-c2ccc(Cl)cc2)c(C(F)(F)F)c1N. The molecule has 2 N–H and O–H groups in total. The first-order valence-electron chi connectivity index (χ1n) is 4.99. The number of nitrogens with zero attached hydrogens (tertiary/aromatic N) is 2. The molecule has 7 heteroatoms. The first kappa shape index (κ1) is 12.8. The molecule has 0 bridgehead atoms. The van der Waals surface area contributed by atoms with E-state index in [-0.39, 0.29) is 17.1 Å². The average Bonchev–Trinajstić information content (AvgIpc) is 2.56. The predicted octanol–water partition coefficient (Wildman–Crippen LogP) is 3.44. The molecule has 2 rings (SSSR count). The van der Waals surface area contributed by atoms with Gasteiger partial charge < -0.3 is 5.73 Å². The van der Waals surface area contributed by atoms with Crippen LogP contribution in [0.5, 0.6) is 0 Å². The summed E-state index contributed by atoms with van der Waals surface area (Å²) in [6, 6.07) is 5.88. The van der Waals surface area contributed by atoms with Gasteiger partial charge in [0.15, 0.2) is 5.69 Å². The smallest absolute Gasteiger partial charge is 0.395 e. The quantitative estimate of drug-likeness (QED) is 0.866. The lowest BCUT2D eigenvalue weighted by Gasteiger charge is -2.11. The minimum atomic E-state index is -4.56. The number of anilines is 1. The van der Waals surface area contributed by atoms with Crippen LogP contribution in [0.2, 0.25) is 5.02 Å². The Bertz CT molecular complexity index is 572. The van der Waals surface area contributed by atoms with E-state index in [2.05, 4.69) is 5.10 Å². The van der Waals surface area contributed by atoms with E-state index in [0.717, 1.165) is 4.68 Å². The summed E-state index contributed by atoms with van der Waals surface area (Å²) in [7, 11) is 0. The summed E-state index contributed by atoms with van der Waals surface area (Å²) in [5.74, 6) is 0. The second-order valence-electron chi connectivity index (χ2n) is 3.73. The number of aryl methyl sites for hydroxylation is 1. The van der Waals surface area contributed by atoms with Gasteiger partial charge in [0.05, 0.1) is 17.1 Å². The highest BCUT2D eigenvalue weighted by Gasteiger charge is 2.39. The van der Waals surface area contributed by atoms with Crippen molar-refractivity contribution in [3.63, 3.8) is 0 Å². The Labute approximate surface area is 106 Å². The van der Waals surface area contributed by atoms with Crippen LogP contribution in [0.1, 0.15) is 11.4 Å². The van der Waals surface area contributed by atoms with Gasteiger partial charge >= 0.3 is 6.18 Å². The highest BCUT2D eigenvalue weighted by atomic mass is 35.5. The summed E-state index contributed by atoms with van der Waals surface area (Å²) in [5.41, 5.74) is 4.49. The van der Waals surface area contributed by atoms with Gasteiger partial charge in [-0.3, -0.25) is 0 Å². The van der Waals surface area contributed by atoms with Crippen LogP contribution in [0.15, 0.2) is 24.3 Å². The van der Waals surface area contributed by atoms with Crippen LogP contribution in [0.25, 0.3) is 5.69 Å². The van der Waals surface area contributed by atoms with Gasteiger partial charge in [0.1, 0.15) is 0 Å². The second-order valence-corrected chi connectivity index (χ2v) is 4.17. The third-order valence-corrected chi connectivity index (χ3v) is 2.70. The Morgan fingerprint density at radius 3 is 2.28 bits per heavy atom. The molecule has 0 spiro atoms. The van der Waals surface area contributed by atoms with Gasteiger partial charge in [0.25, 0.3) is 0 Å². The van der Waals surface area contributed by atoms with Crippen molar-refractivity contribution in [1.29, 1.82) is 0 Å². The second kappa shape index (κ2) is 4.20. The number of hydrogen-bond donors (Lipinski definition) is 1. The van der Waals surface area contributed by atoms with Crippen molar-refractivity contribution in [2.45, 2.75) is 13.1 Å². The summed E-state index contributed by atoms with van der Waals surface area (Å²) in [5, 5.41) is 4.24. The molecule has 0 amide bonds. The van der Waals surface area contributed by atoms with Gasteiger partial charge in [-0.1, -0.05) is 11.6 Å². The molecule has 2 aromatic rings. The summed E-state index contributed by atoms with van der Waals surface area (Å²) in [6.45, 7) is 1.43. The zero-order valence-electron chi connectivity index (χ0n) is 9.29. The van der Waals surface area contributed by atoms with Gasteiger partial charge in [0.2, 0.25) is 0 Å². The molecule has 3 nitrogen and oxygen atoms in total. The van der Waals surface area contributed by atoms with Crippen molar-refractivity contribution in [2.24, 2.45) is 0 Å². The highest BCUT2D eigenvalue weighted by molar-refractivity contribution is 6.30. The van der Waals surface area contributed by atoms with Crippen LogP contribution in [-0.4, -0.2) is 9.78 Å². The fourth-order valence-electron chi connectivity index (χ4n) is 1.58. The predicted molar refractivity (Wildman–Crippen MR) is 62.7 cm³/mol. The number of aromatic nitrogens is 2. The number of alkyl halides is 3. The molecular formula is C11H9ClF3N3. The van der Waals surface area contributed by atoms with E-state index in [4.69, 9.17) is 17.3 Å². The Morgan fingerprint density at radius 1 is 1.22 bits per heavy atom. The van der Waals surface area contributed by atoms with Crippen LogP contribution in [0, 0.1) is 6.92 Å². The first-order valence-corrected chi connectivity index (χ1v) is 5.36. The van der Waals surface area contributed by atoms with Crippen molar-refractivity contribution in [2.75, 3.05) is 5.73 Å². The molecule has 1 heterocycles. The number of rotatable bonds is 1. The maximum atomic E-state index is 12.9. The summed E-state index contributed by atoms with van der Waals surface area (Å²) in [6.07, 6.45) is -4.56. The van der Waals surface area contributed by atoms with Gasteiger partial charge in [-0.2, -0.15) is 18.3 Å². The minimum absolute atomic E-state index is 0.136. The van der Waals surface area contributed by atoms with Crippen molar-refractivity contribution < 1.29 is 13.2 Å². The lowest BCUT2D eigenvalue weighted by molar-refractivity contribution is -0.142. The van der Waals surface area contributed by atoms with Crippen LogP contribution >= 0.6 is 11.6 Å². The van der Waals surface area contributed by atoms with Gasteiger partial charge in [-0.15, -0.1) is 0 Å². The number of nitrogen functional groups attached to an aromatic ring is 1. The minimum Gasteiger partial charge on any atom is -0.395 e. The topological polar surface area (TPSA) is 43.8 Å². The molecule has 0 aliphatic heterocycles. The number of nitrogens with two attached hydrogens (primary N) is 1. The maximum Gasteiger partial charge on any atom is 0.435 e. The van der Waals surface area contributed by atoms with Crippen LogP contribution < -0.4 is 5.73 Å². The summed E-state index contributed by atoms with van der Waals surface area (Å²) >= 11 is 5.69. The van der Waals surface area contributed by atoms with E-state index in [1.54, 1.807) is 0 Å². The monoisotopic (exact) mass is 275 g/mol. The largest absolute Gasteiger partial charge is 0.435 e.